The van der Waals surface area contributed by atoms with Crippen molar-refractivity contribution in [1.29, 1.82) is 0 Å². The molecule has 1 unspecified atom stereocenters. The Kier molecular flexibility index (Phi) is 4.10. The van der Waals surface area contributed by atoms with E-state index in [1.54, 1.807) is 36.4 Å². The molecule has 21 heavy (non-hydrogen) atoms. The summed E-state index contributed by atoms with van der Waals surface area (Å²) >= 11 is 0. The minimum Gasteiger partial charge on any atom is -0.504 e. The molecular weight excluding hydrogens is 268 g/mol. The van der Waals surface area contributed by atoms with E-state index in [1.165, 1.54) is 31.2 Å². The average molecular weight is 284 g/mol. The van der Waals surface area contributed by atoms with E-state index >= 15 is 0 Å². The van der Waals surface area contributed by atoms with Crippen LogP contribution in [0.1, 0.15) is 18.1 Å². The number of rotatable bonds is 4. The van der Waals surface area contributed by atoms with Crippen molar-refractivity contribution in [2.75, 3.05) is 0 Å². The second kappa shape index (κ2) is 5.81. The molecule has 1 atom stereocenters. The van der Waals surface area contributed by atoms with Crippen molar-refractivity contribution in [2.45, 2.75) is 12.5 Å². The molecule has 0 aliphatic rings. The SMILES string of the molecule is CC(O)(C(=O)/C=C/c1ccc(O)c(O)c1)c1ccccc1. The zero-order valence-electron chi connectivity index (χ0n) is 11.5. The summed E-state index contributed by atoms with van der Waals surface area (Å²) in [7, 11) is 0. The molecule has 2 rings (SSSR count). The number of carbonyl (C=O) groups excluding carboxylic acids is 1. The van der Waals surface area contributed by atoms with E-state index in [1.807, 2.05) is 0 Å². The van der Waals surface area contributed by atoms with Gasteiger partial charge in [0, 0.05) is 0 Å². The summed E-state index contributed by atoms with van der Waals surface area (Å²) < 4.78 is 0. The predicted molar refractivity (Wildman–Crippen MR) is 79.8 cm³/mol. The number of phenols is 2. The molecule has 3 N–H and O–H groups in total. The molecule has 4 nitrogen and oxygen atoms in total. The van der Waals surface area contributed by atoms with Gasteiger partial charge in [-0.1, -0.05) is 42.5 Å². The fourth-order valence-electron chi connectivity index (χ4n) is 1.88. The van der Waals surface area contributed by atoms with Crippen molar-refractivity contribution in [3.63, 3.8) is 0 Å². The van der Waals surface area contributed by atoms with E-state index in [9.17, 15) is 20.1 Å². The molecule has 0 radical (unpaired) electrons. The van der Waals surface area contributed by atoms with Crippen LogP contribution < -0.4 is 0 Å². The maximum absolute atomic E-state index is 12.1. The quantitative estimate of drug-likeness (QED) is 0.595. The predicted octanol–water partition coefficient (Wildman–Crippen LogP) is 2.59. The molecule has 2 aromatic carbocycles. The molecule has 108 valence electrons. The number of ketones is 1. The number of hydrogen-bond acceptors (Lipinski definition) is 4. The second-order valence-corrected chi connectivity index (χ2v) is 4.88. The Morgan fingerprint density at radius 1 is 1.05 bits per heavy atom. The maximum atomic E-state index is 12.1. The van der Waals surface area contributed by atoms with Crippen LogP contribution in [-0.4, -0.2) is 21.1 Å². The van der Waals surface area contributed by atoms with Crippen LogP contribution in [0.3, 0.4) is 0 Å². The van der Waals surface area contributed by atoms with E-state index < -0.39 is 11.4 Å². The third kappa shape index (κ3) is 3.30. The Hall–Kier alpha value is -2.59. The molecule has 4 heteroatoms. The third-order valence-corrected chi connectivity index (χ3v) is 3.24. The summed E-state index contributed by atoms with van der Waals surface area (Å²) in [4.78, 5) is 12.1. The molecule has 0 saturated carbocycles. The van der Waals surface area contributed by atoms with E-state index in [0.717, 1.165) is 0 Å². The lowest BCUT2D eigenvalue weighted by molar-refractivity contribution is -0.131. The second-order valence-electron chi connectivity index (χ2n) is 4.88. The van der Waals surface area contributed by atoms with Crippen LogP contribution in [0.25, 0.3) is 6.08 Å². The summed E-state index contributed by atoms with van der Waals surface area (Å²) in [6.07, 6.45) is 2.72. The maximum Gasteiger partial charge on any atom is 0.191 e. The van der Waals surface area contributed by atoms with Gasteiger partial charge < -0.3 is 15.3 Å². The number of hydrogen-bond donors (Lipinski definition) is 3. The lowest BCUT2D eigenvalue weighted by Crippen LogP contribution is -2.30. The van der Waals surface area contributed by atoms with Crippen LogP contribution in [-0.2, 0) is 10.4 Å². The first kappa shape index (κ1) is 14.8. The molecule has 0 bridgehead atoms. The van der Waals surface area contributed by atoms with Crippen LogP contribution >= 0.6 is 0 Å². The van der Waals surface area contributed by atoms with E-state index in [2.05, 4.69) is 0 Å². The Morgan fingerprint density at radius 3 is 2.33 bits per heavy atom. The lowest BCUT2D eigenvalue weighted by atomic mass is 9.91. The first-order valence-electron chi connectivity index (χ1n) is 6.43. The van der Waals surface area contributed by atoms with Crippen LogP contribution in [0, 0.1) is 0 Å². The van der Waals surface area contributed by atoms with Gasteiger partial charge in [-0.25, -0.2) is 0 Å². The topological polar surface area (TPSA) is 77.8 Å². The molecular formula is C17H16O4. The van der Waals surface area contributed by atoms with Gasteiger partial charge in [-0.05, 0) is 36.3 Å². The average Bonchev–Trinajstić information content (AvgIpc) is 2.49. The summed E-state index contributed by atoms with van der Waals surface area (Å²) in [5, 5.41) is 28.9. The lowest BCUT2D eigenvalue weighted by Gasteiger charge is -2.20. The largest absolute Gasteiger partial charge is 0.504 e. The van der Waals surface area contributed by atoms with Crippen LogP contribution in [0.5, 0.6) is 11.5 Å². The number of aliphatic hydroxyl groups is 1. The first-order chi connectivity index (χ1) is 9.91. The monoisotopic (exact) mass is 284 g/mol. The molecule has 0 fully saturated rings. The highest BCUT2D eigenvalue weighted by molar-refractivity contribution is 6.00. The highest BCUT2D eigenvalue weighted by Crippen LogP contribution is 2.26. The summed E-state index contributed by atoms with van der Waals surface area (Å²) in [5.41, 5.74) is -0.563. The van der Waals surface area contributed by atoms with Gasteiger partial charge in [0.1, 0.15) is 5.60 Å². The Bertz CT molecular complexity index is 672. The van der Waals surface area contributed by atoms with Gasteiger partial charge in [-0.15, -0.1) is 0 Å². The van der Waals surface area contributed by atoms with Crippen molar-refractivity contribution in [2.24, 2.45) is 0 Å². The molecule has 0 saturated heterocycles. The highest BCUT2D eigenvalue weighted by atomic mass is 16.3. The van der Waals surface area contributed by atoms with E-state index in [0.29, 0.717) is 11.1 Å². The minimum atomic E-state index is -1.61. The molecule has 0 aliphatic heterocycles. The van der Waals surface area contributed by atoms with Gasteiger partial charge in [-0.2, -0.15) is 0 Å². The Balaban J connectivity index is 2.20. The third-order valence-electron chi connectivity index (χ3n) is 3.24. The Morgan fingerprint density at radius 2 is 1.71 bits per heavy atom. The Labute approximate surface area is 122 Å². The van der Waals surface area contributed by atoms with E-state index in [4.69, 9.17) is 0 Å². The van der Waals surface area contributed by atoms with Crippen molar-refractivity contribution in [1.82, 2.24) is 0 Å². The van der Waals surface area contributed by atoms with Gasteiger partial charge in [0.05, 0.1) is 0 Å². The highest BCUT2D eigenvalue weighted by Gasteiger charge is 2.29. The molecule has 0 aliphatic carbocycles. The molecule has 0 heterocycles. The van der Waals surface area contributed by atoms with Crippen LogP contribution in [0.15, 0.2) is 54.6 Å². The van der Waals surface area contributed by atoms with Crippen LogP contribution in [0.2, 0.25) is 0 Å². The molecule has 0 amide bonds. The van der Waals surface area contributed by atoms with Crippen molar-refractivity contribution in [3.05, 3.63) is 65.7 Å². The van der Waals surface area contributed by atoms with Crippen LogP contribution in [0.4, 0.5) is 0 Å². The van der Waals surface area contributed by atoms with Gasteiger partial charge in [0.25, 0.3) is 0 Å². The first-order valence-corrected chi connectivity index (χ1v) is 6.43. The fraction of sp³-hybridized carbons (Fsp3) is 0.118. The van der Waals surface area contributed by atoms with Gasteiger partial charge in [0.2, 0.25) is 0 Å². The smallest absolute Gasteiger partial charge is 0.191 e. The number of benzene rings is 2. The summed E-state index contributed by atoms with van der Waals surface area (Å²) in [6.45, 7) is 1.43. The van der Waals surface area contributed by atoms with Gasteiger partial charge in [-0.3, -0.25) is 4.79 Å². The minimum absolute atomic E-state index is 0.227. The number of aromatic hydroxyl groups is 2. The number of phenolic OH excluding ortho intramolecular Hbond substituents is 2. The summed E-state index contributed by atoms with van der Waals surface area (Å²) in [6, 6.07) is 12.9. The van der Waals surface area contributed by atoms with E-state index in [-0.39, 0.29) is 11.5 Å². The fourth-order valence-corrected chi connectivity index (χ4v) is 1.88. The molecule has 2 aromatic rings. The zero-order valence-corrected chi connectivity index (χ0v) is 11.5. The summed E-state index contributed by atoms with van der Waals surface area (Å²) in [5.74, 6) is -0.963. The zero-order chi connectivity index (χ0) is 15.5. The van der Waals surface area contributed by atoms with Crippen molar-refractivity contribution >= 4 is 11.9 Å². The van der Waals surface area contributed by atoms with Crippen molar-refractivity contribution < 1.29 is 20.1 Å². The van der Waals surface area contributed by atoms with Gasteiger partial charge >= 0.3 is 0 Å². The molecule has 0 aromatic heterocycles. The van der Waals surface area contributed by atoms with Gasteiger partial charge in [0.15, 0.2) is 17.3 Å². The normalized spacial score (nSPS) is 14.0. The standard InChI is InChI=1S/C17H16O4/c1-17(21,13-5-3-2-4-6-13)16(20)10-8-12-7-9-14(18)15(19)11-12/h2-11,18-19,21H,1H3/b10-8+. The van der Waals surface area contributed by atoms with Crippen molar-refractivity contribution in [3.8, 4) is 11.5 Å². The molecule has 0 spiro atoms. The number of carbonyl (C=O) groups is 1.